The Labute approximate surface area is 331 Å². The maximum Gasteiger partial charge on any atom is 0.0720 e. The number of hydrogen-bond donors (Lipinski definition) is 0. The average molecular weight is 722 g/mol. The fourth-order valence-electron chi connectivity index (χ4n) is 11.4. The maximum atomic E-state index is 2.56. The van der Waals surface area contributed by atoms with Gasteiger partial charge in [-0.1, -0.05) is 182 Å². The van der Waals surface area contributed by atoms with Crippen LogP contribution in [0.5, 0.6) is 0 Å². The van der Waals surface area contributed by atoms with Gasteiger partial charge in [-0.15, -0.1) is 0 Å². The first kappa shape index (κ1) is 31.0. The van der Waals surface area contributed by atoms with Gasteiger partial charge in [-0.25, -0.2) is 0 Å². The predicted octanol–water partition coefficient (Wildman–Crippen LogP) is 13.5. The number of aromatic nitrogens is 1. The van der Waals surface area contributed by atoms with Crippen molar-refractivity contribution >= 4 is 21.8 Å². The molecule has 13 rings (SSSR count). The second-order valence-electron chi connectivity index (χ2n) is 15.9. The van der Waals surface area contributed by atoms with Crippen LogP contribution in [0.4, 0.5) is 0 Å². The van der Waals surface area contributed by atoms with Crippen molar-refractivity contribution in [3.8, 4) is 39.1 Å². The van der Waals surface area contributed by atoms with Crippen molar-refractivity contribution in [2.24, 2.45) is 0 Å². The Morgan fingerprint density at radius 2 is 0.649 bits per heavy atom. The second-order valence-corrected chi connectivity index (χ2v) is 15.9. The maximum absolute atomic E-state index is 2.56. The van der Waals surface area contributed by atoms with Gasteiger partial charge in [0.15, 0.2) is 0 Å². The first-order valence-corrected chi connectivity index (χ1v) is 20.0. The molecule has 0 fully saturated rings. The Morgan fingerprint density at radius 1 is 0.263 bits per heavy atom. The van der Waals surface area contributed by atoms with Gasteiger partial charge in [0.1, 0.15) is 0 Å². The summed E-state index contributed by atoms with van der Waals surface area (Å²) in [5.74, 6) is 0. The zero-order chi connectivity index (χ0) is 37.3. The summed E-state index contributed by atoms with van der Waals surface area (Å²) in [7, 11) is 0. The molecule has 0 radical (unpaired) electrons. The van der Waals surface area contributed by atoms with Gasteiger partial charge in [-0.2, -0.15) is 0 Å². The summed E-state index contributed by atoms with van der Waals surface area (Å²) in [6, 6.07) is 80.1. The third-order valence-corrected chi connectivity index (χ3v) is 13.5. The molecule has 0 saturated carbocycles. The Balaban J connectivity index is 1.15. The van der Waals surface area contributed by atoms with E-state index in [1.165, 1.54) is 99.7 Å². The Kier molecular flexibility index (Phi) is 6.09. The van der Waals surface area contributed by atoms with E-state index in [1.807, 2.05) is 0 Å². The van der Waals surface area contributed by atoms with Crippen LogP contribution in [0.25, 0.3) is 60.9 Å². The molecule has 0 N–H and O–H groups in total. The summed E-state index contributed by atoms with van der Waals surface area (Å²) in [5, 5.41) is 2.54. The van der Waals surface area contributed by atoms with Gasteiger partial charge in [0.2, 0.25) is 0 Å². The highest BCUT2D eigenvalue weighted by Crippen LogP contribution is 2.67. The summed E-state index contributed by atoms with van der Waals surface area (Å²) < 4.78 is 2.43. The van der Waals surface area contributed by atoms with Gasteiger partial charge >= 0.3 is 0 Å². The van der Waals surface area contributed by atoms with E-state index in [0.29, 0.717) is 0 Å². The minimum Gasteiger partial charge on any atom is -0.309 e. The van der Waals surface area contributed by atoms with Crippen LogP contribution < -0.4 is 0 Å². The lowest BCUT2D eigenvalue weighted by molar-refractivity contribution is 0.633. The average Bonchev–Trinajstić information content (AvgIpc) is 3.89. The molecule has 1 aromatic heterocycles. The van der Waals surface area contributed by atoms with Gasteiger partial charge in [-0.3, -0.25) is 0 Å². The molecule has 0 atom stereocenters. The first-order chi connectivity index (χ1) is 28.3. The van der Waals surface area contributed by atoms with Crippen molar-refractivity contribution in [1.82, 2.24) is 4.57 Å². The van der Waals surface area contributed by atoms with Crippen molar-refractivity contribution in [3.63, 3.8) is 0 Å². The Morgan fingerprint density at radius 3 is 1.16 bits per heavy atom. The van der Waals surface area contributed by atoms with Crippen LogP contribution in [0.15, 0.2) is 212 Å². The van der Waals surface area contributed by atoms with Crippen LogP contribution in [0, 0.1) is 0 Å². The fraction of sp³-hybridized carbons (Fsp3) is 0.0357. The molecule has 0 bridgehead atoms. The molecule has 9 aromatic carbocycles. The van der Waals surface area contributed by atoms with Crippen LogP contribution in [0.2, 0.25) is 0 Å². The summed E-state index contributed by atoms with van der Waals surface area (Å²) in [4.78, 5) is 0. The summed E-state index contributed by atoms with van der Waals surface area (Å²) in [6.07, 6.45) is 0. The third-order valence-electron chi connectivity index (χ3n) is 13.5. The zero-order valence-corrected chi connectivity index (χ0v) is 31.2. The van der Waals surface area contributed by atoms with Crippen LogP contribution >= 0.6 is 0 Å². The number of hydrogen-bond acceptors (Lipinski definition) is 0. The van der Waals surface area contributed by atoms with Gasteiger partial charge in [0, 0.05) is 16.5 Å². The van der Waals surface area contributed by atoms with Gasteiger partial charge in [0.05, 0.1) is 21.9 Å². The van der Waals surface area contributed by atoms with Crippen LogP contribution in [0.1, 0.15) is 44.5 Å². The normalized spacial score (nSPS) is 14.6. The van der Waals surface area contributed by atoms with Crippen LogP contribution in [-0.2, 0) is 10.8 Å². The summed E-state index contributed by atoms with van der Waals surface area (Å²) in [5.41, 5.74) is 21.1. The van der Waals surface area contributed by atoms with E-state index in [0.717, 1.165) is 5.69 Å². The topological polar surface area (TPSA) is 4.93 Å². The van der Waals surface area contributed by atoms with Crippen molar-refractivity contribution in [2.45, 2.75) is 10.8 Å². The van der Waals surface area contributed by atoms with Gasteiger partial charge in [0.25, 0.3) is 0 Å². The summed E-state index contributed by atoms with van der Waals surface area (Å²) in [6.45, 7) is 0. The molecule has 0 aliphatic heterocycles. The molecular formula is C56H35N. The van der Waals surface area contributed by atoms with Crippen molar-refractivity contribution < 1.29 is 0 Å². The molecule has 1 heteroatoms. The lowest BCUT2D eigenvalue weighted by Gasteiger charge is -2.49. The lowest BCUT2D eigenvalue weighted by atomic mass is 9.52. The second kappa shape index (κ2) is 11.2. The Bertz CT molecular complexity index is 3180. The summed E-state index contributed by atoms with van der Waals surface area (Å²) >= 11 is 0. The number of rotatable bonds is 2. The standard InChI is InChI=1S/C56H35N/c1-7-24-45-39(18-1)40-19-2-8-25-46(40)55(45)49-28-11-12-29-50(49)56(47-26-9-3-20-41(47)42-21-4-10-27-48(42)56)52-35-37(32-33-51(52)55)36-16-15-17-38(34-36)57-53-30-13-5-22-43(53)44-23-6-14-31-54(44)57/h1-35H. The molecule has 264 valence electrons. The highest BCUT2D eigenvalue weighted by atomic mass is 15.0. The van der Waals surface area contributed by atoms with Crippen molar-refractivity contribution in [2.75, 3.05) is 0 Å². The van der Waals surface area contributed by atoms with Gasteiger partial charge < -0.3 is 4.57 Å². The predicted molar refractivity (Wildman–Crippen MR) is 234 cm³/mol. The quantitative estimate of drug-likeness (QED) is 0.167. The molecule has 3 aliphatic carbocycles. The fourth-order valence-corrected chi connectivity index (χ4v) is 11.4. The van der Waals surface area contributed by atoms with Gasteiger partial charge in [-0.05, 0) is 108 Å². The molecule has 10 aromatic rings. The lowest BCUT2D eigenvalue weighted by Crippen LogP contribution is -2.43. The number of nitrogens with zero attached hydrogens (tertiary/aromatic N) is 1. The number of para-hydroxylation sites is 2. The Hall–Kier alpha value is -7.22. The van der Waals surface area contributed by atoms with Crippen LogP contribution in [-0.4, -0.2) is 4.57 Å². The zero-order valence-electron chi connectivity index (χ0n) is 31.2. The largest absolute Gasteiger partial charge is 0.309 e. The van der Waals surface area contributed by atoms with E-state index in [9.17, 15) is 0 Å². The molecule has 2 spiro atoms. The molecule has 57 heavy (non-hydrogen) atoms. The van der Waals surface area contributed by atoms with E-state index in [2.05, 4.69) is 217 Å². The van der Waals surface area contributed by atoms with E-state index in [4.69, 9.17) is 0 Å². The highest BCUT2D eigenvalue weighted by Gasteiger charge is 2.58. The molecule has 0 saturated heterocycles. The highest BCUT2D eigenvalue weighted by molar-refractivity contribution is 6.09. The van der Waals surface area contributed by atoms with Crippen LogP contribution in [0.3, 0.4) is 0 Å². The number of fused-ring (bicyclic) bond motifs is 19. The SMILES string of the molecule is c1cc(-c2ccc3c(c2)C2(c4ccccc4-c4ccccc42)c2ccccc2C32c3ccccc3-c3ccccc32)cc(-n2c3ccccc3c3ccccc32)c1. The molecule has 3 aliphatic rings. The minimum atomic E-state index is -0.517. The first-order valence-electron chi connectivity index (χ1n) is 20.0. The van der Waals surface area contributed by atoms with Crippen molar-refractivity contribution in [3.05, 3.63) is 257 Å². The third kappa shape index (κ3) is 3.75. The molecule has 1 nitrogen and oxygen atoms in total. The monoisotopic (exact) mass is 721 g/mol. The minimum absolute atomic E-state index is 0.486. The smallest absolute Gasteiger partial charge is 0.0720 e. The van der Waals surface area contributed by atoms with E-state index >= 15 is 0 Å². The molecular weight excluding hydrogens is 687 g/mol. The van der Waals surface area contributed by atoms with E-state index < -0.39 is 10.8 Å². The van der Waals surface area contributed by atoms with E-state index in [-0.39, 0.29) is 0 Å². The number of benzene rings is 9. The molecule has 0 amide bonds. The van der Waals surface area contributed by atoms with E-state index in [1.54, 1.807) is 0 Å². The molecule has 0 unspecified atom stereocenters. The molecule has 1 heterocycles. The van der Waals surface area contributed by atoms with Crippen molar-refractivity contribution in [1.29, 1.82) is 0 Å².